The monoisotopic (exact) mass is 254 g/mol. The van der Waals surface area contributed by atoms with Crippen molar-refractivity contribution in [3.05, 3.63) is 28.8 Å². The van der Waals surface area contributed by atoms with Gasteiger partial charge in [-0.25, -0.2) is 0 Å². The second kappa shape index (κ2) is 4.20. The second-order valence-corrected chi connectivity index (χ2v) is 4.85. The molecule has 1 aliphatic heterocycles. The maximum Gasteiger partial charge on any atom is 0.257 e. The van der Waals surface area contributed by atoms with E-state index in [1.54, 1.807) is 23.1 Å². The summed E-state index contributed by atoms with van der Waals surface area (Å²) >= 11 is 5.96. The summed E-state index contributed by atoms with van der Waals surface area (Å²) < 4.78 is 0. The van der Waals surface area contributed by atoms with Crippen molar-refractivity contribution in [3.8, 4) is 0 Å². The van der Waals surface area contributed by atoms with Crippen LogP contribution in [0.1, 0.15) is 23.7 Å². The Morgan fingerprint density at radius 1 is 1.59 bits per heavy atom. The molecule has 1 aromatic rings. The Labute approximate surface area is 105 Å². The van der Waals surface area contributed by atoms with E-state index in [-0.39, 0.29) is 5.91 Å². The highest BCUT2D eigenvalue weighted by Gasteiger charge is 2.42. The Kier molecular flexibility index (Phi) is 3.02. The summed E-state index contributed by atoms with van der Waals surface area (Å²) in [5.74, 6) is -0.216. The maximum absolute atomic E-state index is 12.1. The number of aliphatic hydroxyl groups is 1. The highest BCUT2D eigenvalue weighted by atomic mass is 35.5. The fourth-order valence-electron chi connectivity index (χ4n) is 1.96. The summed E-state index contributed by atoms with van der Waals surface area (Å²) in [5, 5.41) is 10.2. The first-order valence-electron chi connectivity index (χ1n) is 5.52. The van der Waals surface area contributed by atoms with Crippen molar-refractivity contribution >= 4 is 23.2 Å². The highest BCUT2D eigenvalue weighted by molar-refractivity contribution is 6.34. The van der Waals surface area contributed by atoms with Gasteiger partial charge in [0.2, 0.25) is 0 Å². The number of nitrogens with two attached hydrogens (primary N) is 1. The number of carbonyl (C=O) groups is 1. The molecule has 0 unspecified atom stereocenters. The van der Waals surface area contributed by atoms with E-state index < -0.39 is 5.60 Å². The molecule has 0 bridgehead atoms. The van der Waals surface area contributed by atoms with Crippen LogP contribution in [0.3, 0.4) is 0 Å². The zero-order chi connectivity index (χ0) is 12.6. The lowest BCUT2D eigenvalue weighted by Crippen LogP contribution is -2.63. The minimum atomic E-state index is -0.744. The van der Waals surface area contributed by atoms with Crippen LogP contribution in [0.5, 0.6) is 0 Å². The molecule has 0 atom stereocenters. The number of β-amino-alcohol motifs (C(OH)–C–C–N with tert-alkyl or cyclic N) is 1. The third kappa shape index (κ3) is 2.10. The van der Waals surface area contributed by atoms with Crippen LogP contribution in [0.25, 0.3) is 0 Å². The molecule has 1 saturated heterocycles. The normalized spacial score (nSPS) is 17.7. The molecule has 3 N–H and O–H groups in total. The van der Waals surface area contributed by atoms with Gasteiger partial charge < -0.3 is 15.7 Å². The molecule has 17 heavy (non-hydrogen) atoms. The molecule has 0 aliphatic carbocycles. The number of likely N-dealkylation sites (tertiary alicyclic amines) is 1. The smallest absolute Gasteiger partial charge is 0.257 e. The second-order valence-electron chi connectivity index (χ2n) is 4.44. The summed E-state index contributed by atoms with van der Waals surface area (Å²) in [7, 11) is 0. The van der Waals surface area contributed by atoms with Crippen molar-refractivity contribution in [3.63, 3.8) is 0 Å². The number of hydrogen-bond donors (Lipinski definition) is 2. The van der Waals surface area contributed by atoms with E-state index in [1.165, 1.54) is 0 Å². The van der Waals surface area contributed by atoms with Crippen LogP contribution in [0.2, 0.25) is 5.02 Å². The molecule has 2 rings (SSSR count). The van der Waals surface area contributed by atoms with E-state index in [1.807, 2.05) is 6.92 Å². The molecule has 1 aliphatic rings. The van der Waals surface area contributed by atoms with Crippen LogP contribution in [0, 0.1) is 0 Å². The van der Waals surface area contributed by atoms with Gasteiger partial charge in [0.05, 0.1) is 29.3 Å². The zero-order valence-corrected chi connectivity index (χ0v) is 10.4. The SMILES string of the molecule is CCC1(O)CN(C(=O)c2c(N)cccc2Cl)C1. The van der Waals surface area contributed by atoms with Gasteiger partial charge in [0.25, 0.3) is 5.91 Å². The van der Waals surface area contributed by atoms with Crippen molar-refractivity contribution in [1.82, 2.24) is 4.90 Å². The summed E-state index contributed by atoms with van der Waals surface area (Å²) in [6, 6.07) is 4.98. The Hall–Kier alpha value is -1.26. The predicted octanol–water partition coefficient (Wildman–Crippen LogP) is 1.52. The molecule has 0 aromatic heterocycles. The van der Waals surface area contributed by atoms with Gasteiger partial charge in [0.1, 0.15) is 0 Å². The van der Waals surface area contributed by atoms with Crippen LogP contribution in [0.15, 0.2) is 18.2 Å². The molecule has 1 fully saturated rings. The molecule has 0 saturated carbocycles. The van der Waals surface area contributed by atoms with Crippen molar-refractivity contribution in [2.45, 2.75) is 18.9 Å². The summed E-state index contributed by atoms with van der Waals surface area (Å²) in [6.07, 6.45) is 0.634. The Balaban J connectivity index is 2.17. The van der Waals surface area contributed by atoms with Crippen LogP contribution in [0.4, 0.5) is 5.69 Å². The van der Waals surface area contributed by atoms with Crippen molar-refractivity contribution < 1.29 is 9.90 Å². The van der Waals surface area contributed by atoms with Gasteiger partial charge in [-0.3, -0.25) is 4.79 Å². The molecule has 0 spiro atoms. The number of carbonyl (C=O) groups excluding carboxylic acids is 1. The van der Waals surface area contributed by atoms with Crippen LogP contribution < -0.4 is 5.73 Å². The number of hydrogen-bond acceptors (Lipinski definition) is 3. The van der Waals surface area contributed by atoms with Gasteiger partial charge in [0, 0.05) is 5.69 Å². The third-order valence-electron chi connectivity index (χ3n) is 3.18. The van der Waals surface area contributed by atoms with E-state index in [0.717, 1.165) is 0 Å². The topological polar surface area (TPSA) is 66.6 Å². The number of anilines is 1. The van der Waals surface area contributed by atoms with Crippen LogP contribution in [-0.2, 0) is 0 Å². The third-order valence-corrected chi connectivity index (χ3v) is 3.49. The largest absolute Gasteiger partial charge is 0.398 e. The van der Waals surface area contributed by atoms with Gasteiger partial charge >= 0.3 is 0 Å². The Bertz CT molecular complexity index is 436. The first-order valence-corrected chi connectivity index (χ1v) is 5.90. The fraction of sp³-hybridized carbons (Fsp3) is 0.417. The first-order chi connectivity index (χ1) is 7.97. The van der Waals surface area contributed by atoms with Gasteiger partial charge in [-0.1, -0.05) is 24.6 Å². The number of halogens is 1. The van der Waals surface area contributed by atoms with E-state index >= 15 is 0 Å². The Morgan fingerprint density at radius 2 is 2.24 bits per heavy atom. The minimum absolute atomic E-state index is 0.216. The number of rotatable bonds is 2. The van der Waals surface area contributed by atoms with Crippen LogP contribution in [-0.4, -0.2) is 34.6 Å². The molecular weight excluding hydrogens is 240 g/mol. The quantitative estimate of drug-likeness (QED) is 0.787. The average molecular weight is 255 g/mol. The summed E-state index contributed by atoms with van der Waals surface area (Å²) in [4.78, 5) is 13.7. The molecule has 5 heteroatoms. The van der Waals surface area contributed by atoms with Gasteiger partial charge in [-0.15, -0.1) is 0 Å². The first kappa shape index (κ1) is 12.2. The standard InChI is InChI=1S/C12H15ClN2O2/c1-2-12(17)6-15(7-12)11(16)10-8(13)4-3-5-9(10)14/h3-5,17H,2,6-7,14H2,1H3. The highest BCUT2D eigenvalue weighted by Crippen LogP contribution is 2.30. The summed E-state index contributed by atoms with van der Waals surface area (Å²) in [5.41, 5.74) is 5.70. The maximum atomic E-state index is 12.1. The van der Waals surface area contributed by atoms with E-state index in [0.29, 0.717) is 35.8 Å². The number of nitrogens with zero attached hydrogens (tertiary/aromatic N) is 1. The number of nitrogen functional groups attached to an aromatic ring is 1. The van der Waals surface area contributed by atoms with Crippen molar-refractivity contribution in [2.75, 3.05) is 18.8 Å². The number of benzene rings is 1. The zero-order valence-electron chi connectivity index (χ0n) is 9.61. The lowest BCUT2D eigenvalue weighted by molar-refractivity contribution is -0.0826. The van der Waals surface area contributed by atoms with E-state index in [4.69, 9.17) is 17.3 Å². The average Bonchev–Trinajstić information content (AvgIpc) is 2.24. The van der Waals surface area contributed by atoms with Gasteiger partial charge in [-0.2, -0.15) is 0 Å². The van der Waals surface area contributed by atoms with Crippen molar-refractivity contribution in [2.24, 2.45) is 0 Å². The molecule has 0 radical (unpaired) electrons. The van der Waals surface area contributed by atoms with Crippen LogP contribution >= 0.6 is 11.6 Å². The summed E-state index contributed by atoms with van der Waals surface area (Å²) in [6.45, 7) is 2.58. The predicted molar refractivity (Wildman–Crippen MR) is 67.0 cm³/mol. The minimum Gasteiger partial charge on any atom is -0.398 e. The van der Waals surface area contributed by atoms with E-state index in [9.17, 15) is 9.90 Å². The molecule has 1 aromatic carbocycles. The molecule has 1 heterocycles. The van der Waals surface area contributed by atoms with Gasteiger partial charge in [-0.05, 0) is 18.6 Å². The molecular formula is C12H15ClN2O2. The molecule has 92 valence electrons. The lowest BCUT2D eigenvalue weighted by Gasteiger charge is -2.46. The molecule has 4 nitrogen and oxygen atoms in total. The lowest BCUT2D eigenvalue weighted by atomic mass is 9.90. The number of amides is 1. The Morgan fingerprint density at radius 3 is 2.76 bits per heavy atom. The fourth-order valence-corrected chi connectivity index (χ4v) is 2.22. The molecule has 1 amide bonds. The van der Waals surface area contributed by atoms with E-state index in [2.05, 4.69) is 0 Å². The van der Waals surface area contributed by atoms with Gasteiger partial charge in [0.15, 0.2) is 0 Å². The van der Waals surface area contributed by atoms with Crippen molar-refractivity contribution in [1.29, 1.82) is 0 Å².